The zero-order chi connectivity index (χ0) is 28.1. The molecule has 6 aromatic rings. The van der Waals surface area contributed by atoms with Gasteiger partial charge in [0.15, 0.2) is 11.5 Å². The van der Waals surface area contributed by atoms with E-state index in [4.69, 9.17) is 27.6 Å². The first-order chi connectivity index (χ1) is 19.3. The Hall–Kier alpha value is -5.15. The Morgan fingerprint density at radius 2 is 1.55 bits per heavy atom. The minimum Gasteiger partial charge on any atom is -0.379 e. The van der Waals surface area contributed by atoms with Gasteiger partial charge in [0, 0.05) is 35.5 Å². The zero-order valence-electron chi connectivity index (χ0n) is 20.9. The largest absolute Gasteiger partial charge is 0.394 e. The second-order valence-corrected chi connectivity index (χ2v) is 9.55. The summed E-state index contributed by atoms with van der Waals surface area (Å²) in [5.74, 6) is 0.583. The van der Waals surface area contributed by atoms with Crippen molar-refractivity contribution in [1.29, 1.82) is 5.26 Å². The second kappa shape index (κ2) is 11.3. The van der Waals surface area contributed by atoms with Crippen molar-refractivity contribution in [3.05, 3.63) is 115 Å². The number of anilines is 1. The van der Waals surface area contributed by atoms with Crippen molar-refractivity contribution in [1.82, 2.24) is 19.6 Å². The standard InChI is InChI=1S/C29H20N6.H2O4S/c30-17-25-27(32-18-20-8-3-1-4-9-20)24-16-22(23-12-7-15-31-19-23)13-14-26(24)35-29(25)33-28(34-35)21-10-5-2-6-11-21;1-5(2,3)4/h1-16,19,32H,18H2;(H2,1,2,3,4). The van der Waals surface area contributed by atoms with E-state index >= 15 is 0 Å². The molecule has 0 radical (unpaired) electrons. The highest BCUT2D eigenvalue weighted by molar-refractivity contribution is 7.79. The van der Waals surface area contributed by atoms with E-state index in [1.807, 2.05) is 72.9 Å². The minimum atomic E-state index is -4.67. The molecule has 3 aromatic heterocycles. The highest BCUT2D eigenvalue weighted by atomic mass is 32.3. The molecule has 0 spiro atoms. The Morgan fingerprint density at radius 1 is 0.875 bits per heavy atom. The van der Waals surface area contributed by atoms with Crippen LogP contribution in [0.25, 0.3) is 39.1 Å². The lowest BCUT2D eigenvalue weighted by Crippen LogP contribution is -2.05. The van der Waals surface area contributed by atoms with Gasteiger partial charge in [0.1, 0.15) is 11.6 Å². The molecule has 40 heavy (non-hydrogen) atoms. The Kier molecular flexibility index (Phi) is 7.48. The number of benzene rings is 3. The maximum absolute atomic E-state index is 10.3. The summed E-state index contributed by atoms with van der Waals surface area (Å²) >= 11 is 0. The van der Waals surface area contributed by atoms with Crippen LogP contribution in [-0.2, 0) is 16.9 Å². The Bertz CT molecular complexity index is 1930. The molecular weight excluding hydrogens is 528 g/mol. The number of pyridine rings is 2. The normalized spacial score (nSPS) is 11.0. The van der Waals surface area contributed by atoms with Crippen molar-refractivity contribution in [2.75, 3.05) is 5.32 Å². The van der Waals surface area contributed by atoms with Gasteiger partial charge in [-0.05, 0) is 29.3 Å². The zero-order valence-corrected chi connectivity index (χ0v) is 21.7. The monoisotopic (exact) mass is 550 g/mol. The van der Waals surface area contributed by atoms with Crippen molar-refractivity contribution in [2.45, 2.75) is 6.54 Å². The Morgan fingerprint density at radius 3 is 2.20 bits per heavy atom. The third kappa shape index (κ3) is 5.95. The molecule has 3 heterocycles. The van der Waals surface area contributed by atoms with Gasteiger partial charge in [-0.15, -0.1) is 5.10 Å². The van der Waals surface area contributed by atoms with Gasteiger partial charge in [-0.2, -0.15) is 13.7 Å². The number of rotatable bonds is 5. The van der Waals surface area contributed by atoms with Gasteiger partial charge in [-0.1, -0.05) is 72.8 Å². The summed E-state index contributed by atoms with van der Waals surface area (Å²) in [6, 6.07) is 32.4. The quantitative estimate of drug-likeness (QED) is 0.238. The van der Waals surface area contributed by atoms with Gasteiger partial charge in [0.2, 0.25) is 0 Å². The summed E-state index contributed by atoms with van der Waals surface area (Å²) in [4.78, 5) is 9.04. The van der Waals surface area contributed by atoms with Crippen molar-refractivity contribution >= 4 is 32.6 Å². The summed E-state index contributed by atoms with van der Waals surface area (Å²) in [5, 5.41) is 19.5. The van der Waals surface area contributed by atoms with Gasteiger partial charge < -0.3 is 5.32 Å². The third-order valence-electron chi connectivity index (χ3n) is 6.03. The fraction of sp³-hybridized carbons (Fsp3) is 0.0345. The number of nitriles is 1. The lowest BCUT2D eigenvalue weighted by atomic mass is 10.0. The summed E-state index contributed by atoms with van der Waals surface area (Å²) in [7, 11) is -4.67. The maximum Gasteiger partial charge on any atom is 0.394 e. The Balaban J connectivity index is 0.000000595. The molecule has 0 atom stereocenters. The fourth-order valence-corrected chi connectivity index (χ4v) is 4.31. The molecule has 0 amide bonds. The summed E-state index contributed by atoms with van der Waals surface area (Å²) < 4.78 is 33.4. The molecule has 0 bridgehead atoms. The van der Waals surface area contributed by atoms with Crippen LogP contribution in [0.5, 0.6) is 0 Å². The first-order valence-electron chi connectivity index (χ1n) is 12.0. The van der Waals surface area contributed by atoms with Gasteiger partial charge in [0.25, 0.3) is 0 Å². The molecule has 0 fully saturated rings. The van der Waals surface area contributed by atoms with Crippen LogP contribution in [0.15, 0.2) is 103 Å². The lowest BCUT2D eigenvalue weighted by molar-refractivity contribution is 0.381. The van der Waals surface area contributed by atoms with E-state index in [1.165, 1.54) is 0 Å². The summed E-state index contributed by atoms with van der Waals surface area (Å²) in [6.45, 7) is 0.581. The maximum atomic E-state index is 10.3. The van der Waals surface area contributed by atoms with E-state index in [0.717, 1.165) is 38.8 Å². The van der Waals surface area contributed by atoms with Crippen LogP contribution in [-0.4, -0.2) is 37.1 Å². The molecule has 0 aliphatic carbocycles. The summed E-state index contributed by atoms with van der Waals surface area (Å²) in [5.41, 5.74) is 6.66. The van der Waals surface area contributed by atoms with Gasteiger partial charge in [-0.3, -0.25) is 14.1 Å². The van der Waals surface area contributed by atoms with E-state index in [-0.39, 0.29) is 0 Å². The van der Waals surface area contributed by atoms with Crippen molar-refractivity contribution in [3.63, 3.8) is 0 Å². The van der Waals surface area contributed by atoms with Crippen LogP contribution in [0.2, 0.25) is 0 Å². The van der Waals surface area contributed by atoms with Gasteiger partial charge in [0.05, 0.1) is 11.2 Å². The third-order valence-corrected chi connectivity index (χ3v) is 6.03. The van der Waals surface area contributed by atoms with E-state index in [9.17, 15) is 5.26 Å². The first-order valence-corrected chi connectivity index (χ1v) is 13.4. The SMILES string of the molecule is N#Cc1c(NCc2ccccc2)c2cc(-c3cccnc3)ccc2n2nc(-c3ccccc3)nc12.O=S(=O)(O)O. The predicted molar refractivity (Wildman–Crippen MR) is 152 cm³/mol. The number of nitrogens with one attached hydrogen (secondary N) is 1. The van der Waals surface area contributed by atoms with Crippen molar-refractivity contribution < 1.29 is 17.5 Å². The molecule has 0 saturated carbocycles. The molecule has 3 aromatic carbocycles. The number of aromatic nitrogens is 4. The average molecular weight is 551 g/mol. The van der Waals surface area contributed by atoms with Crippen LogP contribution in [0.3, 0.4) is 0 Å². The number of fused-ring (bicyclic) bond motifs is 3. The molecule has 0 aliphatic rings. The molecule has 0 unspecified atom stereocenters. The van der Waals surface area contributed by atoms with E-state index in [0.29, 0.717) is 23.6 Å². The van der Waals surface area contributed by atoms with E-state index in [1.54, 1.807) is 10.7 Å². The van der Waals surface area contributed by atoms with Gasteiger partial charge >= 0.3 is 10.4 Å². The molecule has 3 N–H and O–H groups in total. The highest BCUT2D eigenvalue weighted by Gasteiger charge is 2.19. The van der Waals surface area contributed by atoms with Crippen LogP contribution >= 0.6 is 0 Å². The first kappa shape index (κ1) is 26.5. The highest BCUT2D eigenvalue weighted by Crippen LogP contribution is 2.34. The lowest BCUT2D eigenvalue weighted by Gasteiger charge is -2.14. The van der Waals surface area contributed by atoms with Crippen molar-refractivity contribution in [2.24, 2.45) is 0 Å². The van der Waals surface area contributed by atoms with Gasteiger partial charge in [-0.25, -0.2) is 9.50 Å². The molecule has 198 valence electrons. The van der Waals surface area contributed by atoms with E-state index < -0.39 is 10.4 Å². The average Bonchev–Trinajstić information content (AvgIpc) is 3.41. The van der Waals surface area contributed by atoms with E-state index in [2.05, 4.69) is 40.6 Å². The molecule has 11 heteroatoms. The molecular formula is C29H22N6O4S. The summed E-state index contributed by atoms with van der Waals surface area (Å²) in [6.07, 6.45) is 3.60. The molecule has 10 nitrogen and oxygen atoms in total. The van der Waals surface area contributed by atoms with Crippen LogP contribution in [0.1, 0.15) is 11.1 Å². The Labute approximate surface area is 229 Å². The van der Waals surface area contributed by atoms with Crippen LogP contribution in [0.4, 0.5) is 5.69 Å². The predicted octanol–water partition coefficient (Wildman–Crippen LogP) is 5.44. The van der Waals surface area contributed by atoms with Crippen LogP contribution in [0, 0.1) is 11.3 Å². The minimum absolute atomic E-state index is 0.464. The molecule has 6 rings (SSSR count). The number of nitrogens with zero attached hydrogens (tertiary/aromatic N) is 5. The molecule has 0 aliphatic heterocycles. The smallest absolute Gasteiger partial charge is 0.379 e. The van der Waals surface area contributed by atoms with Crippen LogP contribution < -0.4 is 5.32 Å². The van der Waals surface area contributed by atoms with Crippen molar-refractivity contribution in [3.8, 4) is 28.6 Å². The number of hydrogen-bond donors (Lipinski definition) is 3. The molecule has 0 saturated heterocycles. The second-order valence-electron chi connectivity index (χ2n) is 8.66. The topological polar surface area (TPSA) is 153 Å². The fourth-order valence-electron chi connectivity index (χ4n) is 4.31. The number of hydrogen-bond acceptors (Lipinski definition) is 7.